The van der Waals surface area contributed by atoms with Crippen molar-refractivity contribution in [2.45, 2.75) is 20.5 Å². The van der Waals surface area contributed by atoms with E-state index in [0.717, 1.165) is 31.5 Å². The molecule has 0 saturated carbocycles. The molecule has 2 rings (SSSR count). The Bertz CT molecular complexity index is 534. The Morgan fingerprint density at radius 2 is 2.00 bits per heavy atom. The number of imidazole rings is 1. The molecule has 0 amide bonds. The van der Waals surface area contributed by atoms with Crippen molar-refractivity contribution >= 4 is 37.5 Å². The van der Waals surface area contributed by atoms with Gasteiger partial charge in [0.1, 0.15) is 0 Å². The SMILES string of the molecule is Cc1c(Br)c(C)n2c(CO)cnc2c1Br. The maximum Gasteiger partial charge on any atom is 0.151 e. The van der Waals surface area contributed by atoms with Crippen molar-refractivity contribution in [1.29, 1.82) is 0 Å². The number of aliphatic hydroxyl groups is 1. The van der Waals surface area contributed by atoms with Gasteiger partial charge in [0.2, 0.25) is 0 Å². The van der Waals surface area contributed by atoms with Crippen molar-refractivity contribution < 1.29 is 5.11 Å². The molecule has 0 unspecified atom stereocenters. The zero-order chi connectivity index (χ0) is 11.2. The molecule has 0 spiro atoms. The molecule has 80 valence electrons. The molecule has 2 aromatic rings. The Morgan fingerprint density at radius 1 is 1.33 bits per heavy atom. The van der Waals surface area contributed by atoms with Crippen LogP contribution in [0.1, 0.15) is 17.0 Å². The van der Waals surface area contributed by atoms with Gasteiger partial charge in [0.15, 0.2) is 5.65 Å². The highest BCUT2D eigenvalue weighted by atomic mass is 79.9. The fourth-order valence-electron chi connectivity index (χ4n) is 1.66. The van der Waals surface area contributed by atoms with Gasteiger partial charge in [0.05, 0.1) is 23.0 Å². The lowest BCUT2D eigenvalue weighted by molar-refractivity contribution is 0.275. The summed E-state index contributed by atoms with van der Waals surface area (Å²) in [5.74, 6) is 0. The van der Waals surface area contributed by atoms with Crippen LogP contribution in [-0.4, -0.2) is 14.5 Å². The summed E-state index contributed by atoms with van der Waals surface area (Å²) < 4.78 is 3.94. The monoisotopic (exact) mass is 332 g/mol. The van der Waals surface area contributed by atoms with Gasteiger partial charge in [-0.1, -0.05) is 0 Å². The summed E-state index contributed by atoms with van der Waals surface area (Å²) in [7, 11) is 0. The minimum Gasteiger partial charge on any atom is -0.390 e. The zero-order valence-corrected chi connectivity index (χ0v) is 11.6. The first kappa shape index (κ1) is 11.1. The normalized spacial score (nSPS) is 11.3. The first-order valence-corrected chi connectivity index (χ1v) is 6.08. The average Bonchev–Trinajstić information content (AvgIpc) is 2.67. The molecule has 15 heavy (non-hydrogen) atoms. The molecule has 1 N–H and O–H groups in total. The molecule has 0 aliphatic rings. The lowest BCUT2D eigenvalue weighted by atomic mass is 10.2. The number of hydrogen-bond acceptors (Lipinski definition) is 2. The van der Waals surface area contributed by atoms with Crippen LogP contribution >= 0.6 is 31.9 Å². The van der Waals surface area contributed by atoms with Gasteiger partial charge >= 0.3 is 0 Å². The maximum atomic E-state index is 9.21. The summed E-state index contributed by atoms with van der Waals surface area (Å²) in [6, 6.07) is 0. The van der Waals surface area contributed by atoms with Crippen LogP contribution in [0.5, 0.6) is 0 Å². The average molecular weight is 334 g/mol. The van der Waals surface area contributed by atoms with Crippen molar-refractivity contribution in [3.05, 3.63) is 32.1 Å². The molecule has 0 aliphatic heterocycles. The molecule has 0 fully saturated rings. The molecular weight excluding hydrogens is 324 g/mol. The standard InChI is InChI=1S/C10H10Br2N2O/c1-5-8(11)6(2)14-7(4-15)3-13-10(14)9(5)12/h3,15H,4H2,1-2H3. The van der Waals surface area contributed by atoms with Crippen LogP contribution in [0, 0.1) is 13.8 Å². The third-order valence-corrected chi connectivity index (χ3v) is 4.62. The summed E-state index contributed by atoms with van der Waals surface area (Å²) in [6.07, 6.45) is 1.69. The van der Waals surface area contributed by atoms with E-state index in [1.54, 1.807) is 6.20 Å². The molecule has 2 aromatic heterocycles. The van der Waals surface area contributed by atoms with Crippen molar-refractivity contribution in [3.63, 3.8) is 0 Å². The minimum atomic E-state index is -0.00997. The summed E-state index contributed by atoms with van der Waals surface area (Å²) in [6.45, 7) is 4.01. The molecule has 0 bridgehead atoms. The van der Waals surface area contributed by atoms with Crippen LogP contribution < -0.4 is 0 Å². The Labute approximate surface area is 104 Å². The smallest absolute Gasteiger partial charge is 0.151 e. The largest absolute Gasteiger partial charge is 0.390 e. The molecule has 0 aliphatic carbocycles. The third kappa shape index (κ3) is 1.53. The van der Waals surface area contributed by atoms with E-state index in [-0.39, 0.29) is 6.61 Å². The molecule has 0 radical (unpaired) electrons. The van der Waals surface area contributed by atoms with Crippen LogP contribution in [0.2, 0.25) is 0 Å². The van der Waals surface area contributed by atoms with Crippen LogP contribution in [0.3, 0.4) is 0 Å². The molecule has 0 atom stereocenters. The Kier molecular flexibility index (Phi) is 2.87. The molecular formula is C10H10Br2N2O. The highest BCUT2D eigenvalue weighted by molar-refractivity contribution is 9.11. The van der Waals surface area contributed by atoms with Crippen LogP contribution in [0.15, 0.2) is 15.1 Å². The quantitative estimate of drug-likeness (QED) is 0.871. The molecule has 0 aromatic carbocycles. The number of nitrogens with zero attached hydrogens (tertiary/aromatic N) is 2. The number of aryl methyl sites for hydroxylation is 1. The lowest BCUT2D eigenvalue weighted by Crippen LogP contribution is -2.00. The van der Waals surface area contributed by atoms with E-state index < -0.39 is 0 Å². The number of fused-ring (bicyclic) bond motifs is 1. The van der Waals surface area contributed by atoms with E-state index in [1.807, 2.05) is 18.2 Å². The molecule has 2 heterocycles. The highest BCUT2D eigenvalue weighted by Gasteiger charge is 2.14. The summed E-state index contributed by atoms with van der Waals surface area (Å²) in [5, 5.41) is 9.21. The van der Waals surface area contributed by atoms with Gasteiger partial charge in [0.25, 0.3) is 0 Å². The van der Waals surface area contributed by atoms with Gasteiger partial charge in [-0.25, -0.2) is 4.98 Å². The van der Waals surface area contributed by atoms with E-state index in [2.05, 4.69) is 36.8 Å². The first-order valence-electron chi connectivity index (χ1n) is 4.49. The molecule has 0 saturated heterocycles. The van der Waals surface area contributed by atoms with Gasteiger partial charge in [-0.2, -0.15) is 0 Å². The maximum absolute atomic E-state index is 9.21. The van der Waals surface area contributed by atoms with Crippen LogP contribution in [0.25, 0.3) is 5.65 Å². The van der Waals surface area contributed by atoms with Crippen molar-refractivity contribution in [2.75, 3.05) is 0 Å². The Hall–Kier alpha value is -0.390. The number of rotatable bonds is 1. The van der Waals surface area contributed by atoms with Gasteiger partial charge in [-0.15, -0.1) is 0 Å². The number of aromatic nitrogens is 2. The van der Waals surface area contributed by atoms with Crippen LogP contribution in [-0.2, 0) is 6.61 Å². The van der Waals surface area contributed by atoms with E-state index in [4.69, 9.17) is 0 Å². The van der Waals surface area contributed by atoms with Gasteiger partial charge < -0.3 is 5.11 Å². The Morgan fingerprint density at radius 3 is 2.60 bits per heavy atom. The predicted octanol–water partition coefficient (Wildman–Crippen LogP) is 2.97. The second-order valence-electron chi connectivity index (χ2n) is 3.41. The van der Waals surface area contributed by atoms with E-state index in [1.165, 1.54) is 0 Å². The van der Waals surface area contributed by atoms with Gasteiger partial charge in [-0.05, 0) is 51.3 Å². The summed E-state index contributed by atoms with van der Waals surface area (Å²) >= 11 is 7.05. The van der Waals surface area contributed by atoms with Gasteiger partial charge in [0, 0.05) is 10.2 Å². The van der Waals surface area contributed by atoms with Gasteiger partial charge in [-0.3, -0.25) is 4.40 Å². The van der Waals surface area contributed by atoms with Crippen molar-refractivity contribution in [1.82, 2.24) is 9.38 Å². The number of halogens is 2. The first-order chi connectivity index (χ1) is 7.07. The lowest BCUT2D eigenvalue weighted by Gasteiger charge is -2.10. The number of hydrogen-bond donors (Lipinski definition) is 1. The predicted molar refractivity (Wildman–Crippen MR) is 66.0 cm³/mol. The van der Waals surface area contributed by atoms with E-state index in [9.17, 15) is 5.11 Å². The fraction of sp³-hybridized carbons (Fsp3) is 0.300. The molecule has 5 heteroatoms. The second kappa shape index (κ2) is 3.88. The molecule has 3 nitrogen and oxygen atoms in total. The Balaban J connectivity index is 2.97. The van der Waals surface area contributed by atoms with Crippen molar-refractivity contribution in [3.8, 4) is 0 Å². The summed E-state index contributed by atoms with van der Waals surface area (Å²) in [5.41, 5.74) is 3.81. The van der Waals surface area contributed by atoms with E-state index in [0.29, 0.717) is 0 Å². The summed E-state index contributed by atoms with van der Waals surface area (Å²) in [4.78, 5) is 4.29. The van der Waals surface area contributed by atoms with Crippen molar-refractivity contribution in [2.24, 2.45) is 0 Å². The second-order valence-corrected chi connectivity index (χ2v) is 4.99. The zero-order valence-electron chi connectivity index (χ0n) is 8.38. The third-order valence-electron chi connectivity index (χ3n) is 2.50. The number of aliphatic hydroxyl groups excluding tert-OH is 1. The minimum absolute atomic E-state index is 0.00997. The van der Waals surface area contributed by atoms with Crippen LogP contribution in [0.4, 0.5) is 0 Å². The topological polar surface area (TPSA) is 37.5 Å². The van der Waals surface area contributed by atoms with E-state index >= 15 is 0 Å². The number of pyridine rings is 1. The fourth-order valence-corrected chi connectivity index (χ4v) is 2.78. The highest BCUT2D eigenvalue weighted by Crippen LogP contribution is 2.31.